The molecule has 0 atom stereocenters. The molecular formula is C12H7FLi2. The van der Waals surface area contributed by atoms with Crippen molar-refractivity contribution in [2.75, 3.05) is 0 Å². The minimum atomic E-state index is -0.259. The third-order valence-electron chi connectivity index (χ3n) is 1.78. The normalized spacial score (nSPS) is 8.60. The van der Waals surface area contributed by atoms with E-state index in [2.05, 4.69) is 12.1 Å². The van der Waals surface area contributed by atoms with Crippen molar-refractivity contribution in [2.24, 2.45) is 0 Å². The third kappa shape index (κ3) is 3.56. The van der Waals surface area contributed by atoms with Crippen molar-refractivity contribution in [2.45, 2.75) is 0 Å². The molecule has 0 heterocycles. The first-order valence-corrected chi connectivity index (χ1v) is 4.01. The average Bonchev–Trinajstić information content (AvgIpc) is 2.20. The summed E-state index contributed by atoms with van der Waals surface area (Å²) in [6.45, 7) is 0. The fourth-order valence-corrected chi connectivity index (χ4v) is 1.17. The van der Waals surface area contributed by atoms with Crippen LogP contribution in [0.1, 0.15) is 0 Å². The second-order valence-corrected chi connectivity index (χ2v) is 2.67. The minimum Gasteiger partial charge on any atom is -0.276 e. The summed E-state index contributed by atoms with van der Waals surface area (Å²) in [5.74, 6) is -0.259. The Hall–Kier alpha value is -0.435. The molecule has 0 aliphatic carbocycles. The standard InChI is InChI=1S/C12H7F.2Li/c13-12-9-5-4-8-11(12)10-6-2-1-3-7-10;;/h1-6,9H;;/q-2;2*+1. The van der Waals surface area contributed by atoms with Gasteiger partial charge in [-0.2, -0.15) is 42.0 Å². The van der Waals surface area contributed by atoms with Crippen LogP contribution in [-0.4, -0.2) is 0 Å². The molecule has 0 bridgehead atoms. The van der Waals surface area contributed by atoms with Gasteiger partial charge in [0.05, 0.1) is 0 Å². The zero-order valence-electron chi connectivity index (χ0n) is 8.92. The maximum absolute atomic E-state index is 13.2. The third-order valence-corrected chi connectivity index (χ3v) is 1.78. The van der Waals surface area contributed by atoms with Gasteiger partial charge in [-0.15, -0.1) is 18.2 Å². The molecule has 0 saturated heterocycles. The van der Waals surface area contributed by atoms with E-state index in [1.807, 2.05) is 18.2 Å². The van der Waals surface area contributed by atoms with Crippen molar-refractivity contribution in [1.29, 1.82) is 0 Å². The summed E-state index contributed by atoms with van der Waals surface area (Å²) in [5.41, 5.74) is 1.21. The van der Waals surface area contributed by atoms with E-state index in [0.29, 0.717) is 5.56 Å². The Morgan fingerprint density at radius 2 is 1.60 bits per heavy atom. The van der Waals surface area contributed by atoms with E-state index in [-0.39, 0.29) is 43.5 Å². The second kappa shape index (κ2) is 6.94. The predicted octanol–water partition coefficient (Wildman–Crippen LogP) is -2.90. The van der Waals surface area contributed by atoms with E-state index in [0.717, 1.165) is 5.56 Å². The first-order chi connectivity index (χ1) is 6.38. The molecule has 0 saturated carbocycles. The Bertz CT molecular complexity index is 401. The molecule has 15 heavy (non-hydrogen) atoms. The topological polar surface area (TPSA) is 0 Å². The van der Waals surface area contributed by atoms with Crippen molar-refractivity contribution >= 4 is 0 Å². The van der Waals surface area contributed by atoms with E-state index < -0.39 is 0 Å². The molecular weight excluding hydrogens is 177 g/mol. The number of halogens is 1. The van der Waals surface area contributed by atoms with Crippen LogP contribution in [-0.2, 0) is 0 Å². The molecule has 2 aromatic carbocycles. The van der Waals surface area contributed by atoms with Gasteiger partial charge < -0.3 is 0 Å². The molecule has 0 radical (unpaired) electrons. The number of benzene rings is 2. The average molecular weight is 184 g/mol. The van der Waals surface area contributed by atoms with Crippen molar-refractivity contribution < 1.29 is 42.1 Å². The van der Waals surface area contributed by atoms with Gasteiger partial charge in [0.2, 0.25) is 0 Å². The Kier molecular flexibility index (Phi) is 6.74. The van der Waals surface area contributed by atoms with E-state index in [4.69, 9.17) is 0 Å². The molecule has 0 aliphatic heterocycles. The predicted molar refractivity (Wildman–Crippen MR) is 49.5 cm³/mol. The van der Waals surface area contributed by atoms with E-state index in [1.165, 1.54) is 6.07 Å². The summed E-state index contributed by atoms with van der Waals surface area (Å²) in [6.07, 6.45) is 0. The van der Waals surface area contributed by atoms with Crippen LogP contribution in [0.5, 0.6) is 0 Å². The largest absolute Gasteiger partial charge is 1.00 e. The molecule has 0 amide bonds. The molecule has 64 valence electrons. The summed E-state index contributed by atoms with van der Waals surface area (Å²) in [5, 5.41) is 0. The first kappa shape index (κ1) is 14.6. The Morgan fingerprint density at radius 1 is 0.867 bits per heavy atom. The van der Waals surface area contributed by atoms with Crippen LogP contribution in [0, 0.1) is 17.9 Å². The zero-order chi connectivity index (χ0) is 9.10. The Balaban J connectivity index is 0.000000980. The fourth-order valence-electron chi connectivity index (χ4n) is 1.17. The van der Waals surface area contributed by atoms with E-state index in [1.54, 1.807) is 18.2 Å². The molecule has 0 aromatic heterocycles. The number of rotatable bonds is 1. The van der Waals surface area contributed by atoms with Gasteiger partial charge in [0, 0.05) is 0 Å². The van der Waals surface area contributed by atoms with Gasteiger partial charge >= 0.3 is 37.7 Å². The van der Waals surface area contributed by atoms with Gasteiger partial charge in [-0.1, -0.05) is 0 Å². The summed E-state index contributed by atoms with van der Waals surface area (Å²) in [7, 11) is 0. The number of hydrogen-bond acceptors (Lipinski definition) is 0. The van der Waals surface area contributed by atoms with Crippen LogP contribution < -0.4 is 37.7 Å². The molecule has 2 rings (SSSR count). The molecule has 0 unspecified atom stereocenters. The van der Waals surface area contributed by atoms with Crippen LogP contribution in [0.2, 0.25) is 0 Å². The first-order valence-electron chi connectivity index (χ1n) is 4.01. The van der Waals surface area contributed by atoms with Gasteiger partial charge in [-0.25, -0.2) is 5.56 Å². The van der Waals surface area contributed by atoms with Crippen LogP contribution in [0.3, 0.4) is 0 Å². The van der Waals surface area contributed by atoms with Gasteiger partial charge in [0.15, 0.2) is 0 Å². The van der Waals surface area contributed by atoms with Crippen LogP contribution in [0.4, 0.5) is 4.39 Å². The maximum Gasteiger partial charge on any atom is 1.00 e. The van der Waals surface area contributed by atoms with Gasteiger partial charge in [-0.3, -0.25) is 4.39 Å². The SMILES string of the molecule is Fc1ccc[c-]c1-c1[c-]cccc1.[Li+].[Li+]. The quantitative estimate of drug-likeness (QED) is 0.329. The summed E-state index contributed by atoms with van der Waals surface area (Å²) in [4.78, 5) is 0. The molecule has 0 fully saturated rings. The summed E-state index contributed by atoms with van der Waals surface area (Å²) in [6, 6.07) is 17.8. The van der Waals surface area contributed by atoms with Crippen molar-refractivity contribution in [3.63, 3.8) is 0 Å². The van der Waals surface area contributed by atoms with Crippen molar-refractivity contribution in [1.82, 2.24) is 0 Å². The van der Waals surface area contributed by atoms with Crippen LogP contribution in [0.25, 0.3) is 11.1 Å². The molecule has 0 spiro atoms. The maximum atomic E-state index is 13.2. The molecule has 3 heteroatoms. The van der Waals surface area contributed by atoms with Gasteiger partial charge in [-0.05, 0) is 5.82 Å². The molecule has 0 aliphatic rings. The fraction of sp³-hybridized carbons (Fsp3) is 0. The summed E-state index contributed by atoms with van der Waals surface area (Å²) >= 11 is 0. The van der Waals surface area contributed by atoms with Crippen LogP contribution >= 0.6 is 0 Å². The Morgan fingerprint density at radius 3 is 2.20 bits per heavy atom. The monoisotopic (exact) mass is 184 g/mol. The second-order valence-electron chi connectivity index (χ2n) is 2.67. The van der Waals surface area contributed by atoms with Crippen molar-refractivity contribution in [3.8, 4) is 11.1 Å². The molecule has 0 nitrogen and oxygen atoms in total. The number of hydrogen-bond donors (Lipinski definition) is 0. The van der Waals surface area contributed by atoms with Gasteiger partial charge in [0.1, 0.15) is 0 Å². The van der Waals surface area contributed by atoms with E-state index >= 15 is 0 Å². The molecule has 0 N–H and O–H groups in total. The van der Waals surface area contributed by atoms with Crippen LogP contribution in [0.15, 0.2) is 42.5 Å². The zero-order valence-corrected chi connectivity index (χ0v) is 8.92. The minimum absolute atomic E-state index is 0. The van der Waals surface area contributed by atoms with E-state index in [9.17, 15) is 4.39 Å². The smallest absolute Gasteiger partial charge is 0.276 e. The van der Waals surface area contributed by atoms with Crippen molar-refractivity contribution in [3.05, 3.63) is 60.4 Å². The Labute approximate surface area is 113 Å². The van der Waals surface area contributed by atoms with Gasteiger partial charge in [0.25, 0.3) is 0 Å². The molecule has 2 aromatic rings. The summed E-state index contributed by atoms with van der Waals surface area (Å²) < 4.78 is 13.2.